The van der Waals surface area contributed by atoms with E-state index in [0.29, 0.717) is 0 Å². The highest BCUT2D eigenvalue weighted by molar-refractivity contribution is 9.10. The lowest BCUT2D eigenvalue weighted by molar-refractivity contribution is 0.157. The molecule has 2 atom stereocenters. The highest BCUT2D eigenvalue weighted by atomic mass is 79.9. The van der Waals surface area contributed by atoms with Crippen LogP contribution in [-0.4, -0.2) is 4.98 Å². The highest BCUT2D eigenvalue weighted by Crippen LogP contribution is 2.41. The molecular weight excluding hydrogens is 348 g/mol. The Hall–Kier alpha value is -0.910. The highest BCUT2D eigenvalue weighted by Gasteiger charge is 2.30. The number of fused-ring (bicyclic) bond motifs is 1. The molecule has 2 aromatic rings. The molecule has 0 spiro atoms. The van der Waals surface area contributed by atoms with E-state index in [1.165, 1.54) is 0 Å². The SMILES string of the molecule is CC(C)(C)c1nc(C2CC(N)c3cc(Br)ccc3O2)cs1. The summed E-state index contributed by atoms with van der Waals surface area (Å²) in [4.78, 5) is 4.76. The molecule has 0 aliphatic carbocycles. The first-order chi connectivity index (χ1) is 9.84. The van der Waals surface area contributed by atoms with Crippen LogP contribution in [0.2, 0.25) is 0 Å². The second-order valence-corrected chi connectivity index (χ2v) is 8.23. The summed E-state index contributed by atoms with van der Waals surface area (Å²) in [6, 6.07) is 5.98. The molecule has 2 heterocycles. The molecule has 1 aromatic heterocycles. The molecule has 0 bridgehead atoms. The maximum atomic E-state index is 6.31. The molecule has 3 nitrogen and oxygen atoms in total. The van der Waals surface area contributed by atoms with Gasteiger partial charge in [-0.05, 0) is 18.2 Å². The number of rotatable bonds is 1. The van der Waals surface area contributed by atoms with Gasteiger partial charge in [0.1, 0.15) is 11.9 Å². The van der Waals surface area contributed by atoms with Gasteiger partial charge in [0.2, 0.25) is 0 Å². The van der Waals surface area contributed by atoms with E-state index >= 15 is 0 Å². The van der Waals surface area contributed by atoms with Crippen molar-refractivity contribution in [3.05, 3.63) is 44.3 Å². The monoisotopic (exact) mass is 366 g/mol. The Morgan fingerprint density at radius 2 is 2.14 bits per heavy atom. The summed E-state index contributed by atoms with van der Waals surface area (Å²) in [5, 5.41) is 3.23. The van der Waals surface area contributed by atoms with Gasteiger partial charge in [0, 0.05) is 33.3 Å². The van der Waals surface area contributed by atoms with Gasteiger partial charge >= 0.3 is 0 Å². The molecule has 0 fully saturated rings. The number of ether oxygens (including phenoxy) is 1. The van der Waals surface area contributed by atoms with Gasteiger partial charge < -0.3 is 10.5 Å². The van der Waals surface area contributed by atoms with Gasteiger partial charge in [-0.2, -0.15) is 0 Å². The Bertz CT molecular complexity index is 663. The number of nitrogens with two attached hydrogens (primary N) is 1. The summed E-state index contributed by atoms with van der Waals surface area (Å²) in [5.41, 5.74) is 8.44. The molecule has 1 aromatic carbocycles. The minimum absolute atomic E-state index is 0.0176. The molecular formula is C16H19BrN2OS. The number of thiazole rings is 1. The number of benzene rings is 1. The van der Waals surface area contributed by atoms with E-state index < -0.39 is 0 Å². The van der Waals surface area contributed by atoms with Crippen LogP contribution < -0.4 is 10.5 Å². The van der Waals surface area contributed by atoms with Gasteiger partial charge in [-0.15, -0.1) is 11.3 Å². The fourth-order valence-electron chi connectivity index (χ4n) is 2.44. The van der Waals surface area contributed by atoms with Crippen molar-refractivity contribution in [1.29, 1.82) is 0 Å². The van der Waals surface area contributed by atoms with Crippen LogP contribution in [0.5, 0.6) is 5.75 Å². The molecule has 1 aliphatic heterocycles. The summed E-state index contributed by atoms with van der Waals surface area (Å²) in [6.45, 7) is 6.53. The van der Waals surface area contributed by atoms with Crippen LogP contribution in [0, 0.1) is 0 Å². The average Bonchev–Trinajstić information content (AvgIpc) is 2.89. The maximum Gasteiger partial charge on any atom is 0.143 e. The fraction of sp³-hybridized carbons (Fsp3) is 0.438. The van der Waals surface area contributed by atoms with Crippen molar-refractivity contribution >= 4 is 27.3 Å². The third-order valence-corrected chi connectivity index (χ3v) is 5.38. The topological polar surface area (TPSA) is 48.1 Å². The molecule has 21 heavy (non-hydrogen) atoms. The largest absolute Gasteiger partial charge is 0.484 e. The van der Waals surface area contributed by atoms with E-state index in [4.69, 9.17) is 15.5 Å². The molecule has 0 amide bonds. The number of halogens is 1. The summed E-state index contributed by atoms with van der Waals surface area (Å²) in [5.74, 6) is 0.868. The Balaban J connectivity index is 1.89. The van der Waals surface area contributed by atoms with Crippen LogP contribution in [0.1, 0.15) is 55.6 Å². The summed E-state index contributed by atoms with van der Waals surface area (Å²) < 4.78 is 7.14. The average molecular weight is 367 g/mol. The number of hydrogen-bond acceptors (Lipinski definition) is 4. The molecule has 2 N–H and O–H groups in total. The summed E-state index contributed by atoms with van der Waals surface area (Å²) in [6.07, 6.45) is 0.706. The van der Waals surface area contributed by atoms with E-state index in [2.05, 4.69) is 42.1 Å². The Labute approximate surface area is 137 Å². The van der Waals surface area contributed by atoms with Gasteiger partial charge in [0.25, 0.3) is 0 Å². The molecule has 0 saturated heterocycles. The van der Waals surface area contributed by atoms with Crippen molar-refractivity contribution < 1.29 is 4.74 Å². The molecule has 3 rings (SSSR count). The lowest BCUT2D eigenvalue weighted by Crippen LogP contribution is -2.24. The normalized spacial score (nSPS) is 21.8. The van der Waals surface area contributed by atoms with Crippen molar-refractivity contribution in [2.45, 2.75) is 44.8 Å². The maximum absolute atomic E-state index is 6.31. The van der Waals surface area contributed by atoms with Crippen molar-refractivity contribution in [1.82, 2.24) is 4.98 Å². The minimum Gasteiger partial charge on any atom is -0.484 e. The quantitative estimate of drug-likeness (QED) is 0.793. The van der Waals surface area contributed by atoms with Gasteiger partial charge in [0.05, 0.1) is 10.7 Å². The predicted octanol–water partition coefficient (Wildman–Crippen LogP) is 4.73. The van der Waals surface area contributed by atoms with Crippen LogP contribution >= 0.6 is 27.3 Å². The number of hydrogen-bond donors (Lipinski definition) is 1. The standard InChI is InChI=1S/C16H19BrN2OS/c1-16(2,3)15-19-12(8-21-15)14-7-11(18)10-6-9(17)4-5-13(10)20-14/h4-6,8,11,14H,7,18H2,1-3H3. The minimum atomic E-state index is -0.0546. The van der Waals surface area contributed by atoms with Crippen LogP contribution in [0.15, 0.2) is 28.1 Å². The predicted molar refractivity (Wildman–Crippen MR) is 89.9 cm³/mol. The van der Waals surface area contributed by atoms with Gasteiger partial charge in [-0.3, -0.25) is 0 Å². The zero-order valence-electron chi connectivity index (χ0n) is 12.4. The first-order valence-corrected chi connectivity index (χ1v) is 8.69. The van der Waals surface area contributed by atoms with Crippen LogP contribution in [0.3, 0.4) is 0 Å². The lowest BCUT2D eigenvalue weighted by Gasteiger charge is -2.29. The zero-order chi connectivity index (χ0) is 15.2. The summed E-state index contributed by atoms with van der Waals surface area (Å²) in [7, 11) is 0. The van der Waals surface area contributed by atoms with Crippen molar-refractivity contribution in [2.75, 3.05) is 0 Å². The van der Waals surface area contributed by atoms with E-state index in [1.54, 1.807) is 11.3 Å². The number of aromatic nitrogens is 1. The molecule has 5 heteroatoms. The second kappa shape index (κ2) is 5.38. The van der Waals surface area contributed by atoms with Crippen molar-refractivity contribution in [3.8, 4) is 5.75 Å². The Morgan fingerprint density at radius 3 is 2.81 bits per heavy atom. The van der Waals surface area contributed by atoms with Gasteiger partial charge in [-0.1, -0.05) is 36.7 Å². The molecule has 112 valence electrons. The first kappa shape index (κ1) is 15.0. The van der Waals surface area contributed by atoms with E-state index in [-0.39, 0.29) is 17.6 Å². The van der Waals surface area contributed by atoms with Gasteiger partial charge in [0.15, 0.2) is 0 Å². The second-order valence-electron chi connectivity index (χ2n) is 6.46. The van der Waals surface area contributed by atoms with Crippen LogP contribution in [0.4, 0.5) is 0 Å². The first-order valence-electron chi connectivity index (χ1n) is 7.02. The number of nitrogens with zero attached hydrogens (tertiary/aromatic N) is 1. The molecule has 1 aliphatic rings. The summed E-state index contributed by atoms with van der Waals surface area (Å²) >= 11 is 5.18. The molecule has 0 saturated carbocycles. The van der Waals surface area contributed by atoms with Gasteiger partial charge in [-0.25, -0.2) is 4.98 Å². The van der Waals surface area contributed by atoms with E-state index in [9.17, 15) is 0 Å². The third-order valence-electron chi connectivity index (χ3n) is 3.60. The Morgan fingerprint density at radius 1 is 1.38 bits per heavy atom. The lowest BCUT2D eigenvalue weighted by atomic mass is 9.95. The fourth-order valence-corrected chi connectivity index (χ4v) is 3.76. The third kappa shape index (κ3) is 3.00. The molecule has 2 unspecified atom stereocenters. The van der Waals surface area contributed by atoms with Crippen LogP contribution in [-0.2, 0) is 5.41 Å². The zero-order valence-corrected chi connectivity index (χ0v) is 14.8. The smallest absolute Gasteiger partial charge is 0.143 e. The van der Waals surface area contributed by atoms with Crippen molar-refractivity contribution in [3.63, 3.8) is 0 Å². The Kier molecular flexibility index (Phi) is 3.84. The van der Waals surface area contributed by atoms with E-state index in [0.717, 1.165) is 32.9 Å². The van der Waals surface area contributed by atoms with Crippen LogP contribution in [0.25, 0.3) is 0 Å². The van der Waals surface area contributed by atoms with Crippen molar-refractivity contribution in [2.24, 2.45) is 5.73 Å². The van der Waals surface area contributed by atoms with E-state index in [1.807, 2.05) is 18.2 Å². The molecule has 0 radical (unpaired) electrons.